The molecule has 0 aromatic carbocycles. The van der Waals surface area contributed by atoms with E-state index in [1.54, 1.807) is 11.3 Å². The Kier molecular flexibility index (Phi) is 3.84. The van der Waals surface area contributed by atoms with Crippen LogP contribution in [0, 0.1) is 0 Å². The quantitative estimate of drug-likeness (QED) is 0.753. The number of aliphatic carboxylic acids is 1. The zero-order chi connectivity index (χ0) is 12.1. The van der Waals surface area contributed by atoms with Gasteiger partial charge in [0.05, 0.1) is 12.0 Å². The summed E-state index contributed by atoms with van der Waals surface area (Å²) < 4.78 is 4.91. The number of fused-ring (bicyclic) bond motifs is 1. The molecule has 0 aliphatic heterocycles. The van der Waals surface area contributed by atoms with Crippen molar-refractivity contribution in [3.63, 3.8) is 0 Å². The molecule has 0 fully saturated rings. The molecule has 0 radical (unpaired) electrons. The summed E-state index contributed by atoms with van der Waals surface area (Å²) in [7, 11) is 0. The van der Waals surface area contributed by atoms with Crippen molar-refractivity contribution in [2.45, 2.75) is 0 Å². The SMILES string of the molecule is O=C(O)COCCNc1ncnc2sccc12. The summed E-state index contributed by atoms with van der Waals surface area (Å²) in [6, 6.07) is 1.94. The molecule has 0 saturated heterocycles. The molecule has 0 saturated carbocycles. The Bertz CT molecular complexity index is 514. The number of ether oxygens (including phenoxy) is 1. The standard InChI is InChI=1S/C10H11N3O3S/c14-8(15)5-16-3-2-11-9-7-1-4-17-10(7)13-6-12-9/h1,4,6H,2-3,5H2,(H,14,15)(H,11,12,13). The normalized spacial score (nSPS) is 10.6. The number of nitrogens with one attached hydrogen (secondary N) is 1. The molecular weight excluding hydrogens is 242 g/mol. The van der Waals surface area contributed by atoms with Crippen LogP contribution in [0.1, 0.15) is 0 Å². The molecule has 2 heterocycles. The van der Waals surface area contributed by atoms with E-state index in [1.807, 2.05) is 11.4 Å². The smallest absolute Gasteiger partial charge is 0.329 e. The maximum atomic E-state index is 10.2. The molecule has 2 aromatic rings. The van der Waals surface area contributed by atoms with Gasteiger partial charge in [0.25, 0.3) is 0 Å². The second-order valence-corrected chi connectivity index (χ2v) is 4.13. The molecule has 6 nitrogen and oxygen atoms in total. The van der Waals surface area contributed by atoms with Crippen LogP contribution >= 0.6 is 11.3 Å². The zero-order valence-electron chi connectivity index (χ0n) is 8.92. The average Bonchev–Trinajstić information content (AvgIpc) is 2.77. The molecule has 0 spiro atoms. The van der Waals surface area contributed by atoms with E-state index in [9.17, 15) is 4.79 Å². The van der Waals surface area contributed by atoms with Crippen molar-refractivity contribution in [1.82, 2.24) is 9.97 Å². The van der Waals surface area contributed by atoms with Crippen LogP contribution in [0.5, 0.6) is 0 Å². The molecule has 0 aliphatic carbocycles. The minimum atomic E-state index is -0.965. The molecule has 2 aromatic heterocycles. The van der Waals surface area contributed by atoms with Gasteiger partial charge in [0, 0.05) is 6.54 Å². The van der Waals surface area contributed by atoms with E-state index in [-0.39, 0.29) is 6.61 Å². The minimum Gasteiger partial charge on any atom is -0.480 e. The summed E-state index contributed by atoms with van der Waals surface area (Å²) >= 11 is 1.55. The van der Waals surface area contributed by atoms with E-state index in [2.05, 4.69) is 15.3 Å². The highest BCUT2D eigenvalue weighted by Gasteiger charge is 2.03. The highest BCUT2D eigenvalue weighted by molar-refractivity contribution is 7.16. The molecule has 0 aliphatic rings. The molecule has 0 unspecified atom stereocenters. The van der Waals surface area contributed by atoms with Crippen molar-refractivity contribution in [3.05, 3.63) is 17.8 Å². The predicted octanol–water partition coefficient (Wildman–Crippen LogP) is 1.20. The first-order chi connectivity index (χ1) is 8.27. The van der Waals surface area contributed by atoms with Crippen LogP contribution in [0.2, 0.25) is 0 Å². The van der Waals surface area contributed by atoms with Crippen molar-refractivity contribution in [2.24, 2.45) is 0 Å². The Morgan fingerprint density at radius 2 is 2.41 bits per heavy atom. The second kappa shape index (κ2) is 5.55. The lowest BCUT2D eigenvalue weighted by Crippen LogP contribution is -2.14. The summed E-state index contributed by atoms with van der Waals surface area (Å²) in [5.74, 6) is -0.220. The molecule has 0 atom stereocenters. The fraction of sp³-hybridized carbons (Fsp3) is 0.300. The summed E-state index contributed by atoms with van der Waals surface area (Å²) in [5.41, 5.74) is 0. The summed E-state index contributed by atoms with van der Waals surface area (Å²) in [6.07, 6.45) is 1.50. The van der Waals surface area contributed by atoms with Crippen molar-refractivity contribution in [3.8, 4) is 0 Å². The van der Waals surface area contributed by atoms with Gasteiger partial charge in [-0.3, -0.25) is 0 Å². The van der Waals surface area contributed by atoms with Gasteiger partial charge in [-0.1, -0.05) is 0 Å². The lowest BCUT2D eigenvalue weighted by molar-refractivity contribution is -0.142. The van der Waals surface area contributed by atoms with Gasteiger partial charge < -0.3 is 15.2 Å². The lowest BCUT2D eigenvalue weighted by atomic mass is 10.4. The van der Waals surface area contributed by atoms with Crippen molar-refractivity contribution in [2.75, 3.05) is 25.1 Å². The van der Waals surface area contributed by atoms with Crippen LogP contribution in [0.15, 0.2) is 17.8 Å². The number of aromatic nitrogens is 2. The Morgan fingerprint density at radius 3 is 3.24 bits per heavy atom. The average molecular weight is 253 g/mol. The Morgan fingerprint density at radius 1 is 1.53 bits per heavy atom. The number of carbonyl (C=O) groups is 1. The van der Waals surface area contributed by atoms with Crippen LogP contribution in [0.4, 0.5) is 5.82 Å². The second-order valence-electron chi connectivity index (χ2n) is 3.23. The number of hydrogen-bond acceptors (Lipinski definition) is 6. The van der Waals surface area contributed by atoms with E-state index in [1.165, 1.54) is 6.33 Å². The van der Waals surface area contributed by atoms with Crippen molar-refractivity contribution < 1.29 is 14.6 Å². The maximum Gasteiger partial charge on any atom is 0.329 e. The van der Waals surface area contributed by atoms with E-state index in [4.69, 9.17) is 9.84 Å². The van der Waals surface area contributed by atoms with Gasteiger partial charge in [-0.2, -0.15) is 0 Å². The minimum absolute atomic E-state index is 0.278. The molecule has 2 rings (SSSR count). The summed E-state index contributed by atoms with van der Waals surface area (Å²) in [5, 5.41) is 14.4. The Hall–Kier alpha value is -1.73. The van der Waals surface area contributed by atoms with E-state index in [0.29, 0.717) is 13.2 Å². The lowest BCUT2D eigenvalue weighted by Gasteiger charge is -2.05. The van der Waals surface area contributed by atoms with Gasteiger partial charge in [0.2, 0.25) is 0 Å². The number of thiophene rings is 1. The first-order valence-electron chi connectivity index (χ1n) is 4.99. The first-order valence-corrected chi connectivity index (χ1v) is 5.87. The van der Waals surface area contributed by atoms with Crippen LogP contribution < -0.4 is 5.32 Å². The Balaban J connectivity index is 1.86. The van der Waals surface area contributed by atoms with Gasteiger partial charge in [0.15, 0.2) is 0 Å². The van der Waals surface area contributed by atoms with Gasteiger partial charge >= 0.3 is 5.97 Å². The van der Waals surface area contributed by atoms with Crippen LogP contribution in [0.25, 0.3) is 10.2 Å². The zero-order valence-corrected chi connectivity index (χ0v) is 9.74. The molecule has 7 heteroatoms. The Labute approximate surface area is 101 Å². The van der Waals surface area contributed by atoms with Crippen LogP contribution in [0.3, 0.4) is 0 Å². The van der Waals surface area contributed by atoms with Gasteiger partial charge in [0.1, 0.15) is 23.6 Å². The molecular formula is C10H11N3O3S. The molecule has 0 amide bonds. The third kappa shape index (κ3) is 3.11. The van der Waals surface area contributed by atoms with E-state index in [0.717, 1.165) is 16.0 Å². The van der Waals surface area contributed by atoms with Crippen molar-refractivity contribution in [1.29, 1.82) is 0 Å². The van der Waals surface area contributed by atoms with Crippen molar-refractivity contribution >= 4 is 33.3 Å². The number of rotatable bonds is 6. The number of carboxylic acid groups (broad SMARTS) is 1. The van der Waals surface area contributed by atoms with Crippen LogP contribution in [-0.2, 0) is 9.53 Å². The largest absolute Gasteiger partial charge is 0.480 e. The maximum absolute atomic E-state index is 10.2. The summed E-state index contributed by atoms with van der Waals surface area (Å²) in [6.45, 7) is 0.552. The first kappa shape index (κ1) is 11.7. The number of hydrogen-bond donors (Lipinski definition) is 2. The van der Waals surface area contributed by atoms with E-state index < -0.39 is 5.97 Å². The molecule has 90 valence electrons. The monoisotopic (exact) mass is 253 g/mol. The molecule has 17 heavy (non-hydrogen) atoms. The van der Waals surface area contributed by atoms with E-state index >= 15 is 0 Å². The number of anilines is 1. The highest BCUT2D eigenvalue weighted by Crippen LogP contribution is 2.23. The fourth-order valence-corrected chi connectivity index (χ4v) is 2.06. The molecule has 2 N–H and O–H groups in total. The predicted molar refractivity (Wildman–Crippen MR) is 64.4 cm³/mol. The number of carboxylic acids is 1. The topological polar surface area (TPSA) is 84.3 Å². The highest BCUT2D eigenvalue weighted by atomic mass is 32.1. The third-order valence-corrected chi connectivity index (χ3v) is 2.85. The third-order valence-electron chi connectivity index (χ3n) is 2.03. The van der Waals surface area contributed by atoms with Crippen LogP contribution in [-0.4, -0.2) is 40.8 Å². The van der Waals surface area contributed by atoms with Gasteiger partial charge in [-0.15, -0.1) is 11.3 Å². The molecule has 0 bridgehead atoms. The number of nitrogens with zero attached hydrogens (tertiary/aromatic N) is 2. The fourth-order valence-electron chi connectivity index (χ4n) is 1.33. The summed E-state index contributed by atoms with van der Waals surface area (Å²) in [4.78, 5) is 19.4. The van der Waals surface area contributed by atoms with Gasteiger partial charge in [-0.25, -0.2) is 14.8 Å². The van der Waals surface area contributed by atoms with Gasteiger partial charge in [-0.05, 0) is 11.4 Å².